The standard InChI is InChI=1S/C21H26N4O4/c1-15-14-17(25(27)28)8-9-18(15)22-21(26)16(2)23-10-12-24(13-11-23)19-6-4-5-7-20(19)29-3/h4-9,14,16H,10-13H2,1-3H3,(H,22,26). The van der Waals surface area contributed by atoms with Crippen LogP contribution in [0.5, 0.6) is 5.75 Å². The lowest BCUT2D eigenvalue weighted by molar-refractivity contribution is -0.384. The maximum Gasteiger partial charge on any atom is 0.269 e. The molecule has 0 radical (unpaired) electrons. The van der Waals surface area contributed by atoms with Crippen molar-refractivity contribution in [3.8, 4) is 5.75 Å². The fourth-order valence-corrected chi connectivity index (χ4v) is 3.55. The SMILES string of the molecule is COc1ccccc1N1CCN(C(C)C(=O)Nc2ccc([N+](=O)[O-])cc2C)CC1. The number of aryl methyl sites for hydroxylation is 1. The molecule has 1 fully saturated rings. The van der Waals surface area contributed by atoms with Gasteiger partial charge in [0.05, 0.1) is 23.8 Å². The lowest BCUT2D eigenvalue weighted by atomic mass is 10.1. The minimum absolute atomic E-state index is 0.0148. The van der Waals surface area contributed by atoms with Crippen LogP contribution >= 0.6 is 0 Å². The Balaban J connectivity index is 1.59. The predicted octanol–water partition coefficient (Wildman–Crippen LogP) is 3.06. The van der Waals surface area contributed by atoms with Gasteiger partial charge in [0.1, 0.15) is 5.75 Å². The molecule has 8 nitrogen and oxygen atoms in total. The van der Waals surface area contributed by atoms with Gasteiger partial charge < -0.3 is 15.0 Å². The highest BCUT2D eigenvalue weighted by Gasteiger charge is 2.27. The minimum Gasteiger partial charge on any atom is -0.495 e. The lowest BCUT2D eigenvalue weighted by Crippen LogP contribution is -2.52. The number of anilines is 2. The lowest BCUT2D eigenvalue weighted by Gasteiger charge is -2.38. The first-order chi connectivity index (χ1) is 13.9. The largest absolute Gasteiger partial charge is 0.495 e. The molecule has 1 aliphatic rings. The first-order valence-corrected chi connectivity index (χ1v) is 9.58. The fraction of sp³-hybridized carbons (Fsp3) is 0.381. The van der Waals surface area contributed by atoms with E-state index < -0.39 is 4.92 Å². The summed E-state index contributed by atoms with van der Waals surface area (Å²) < 4.78 is 5.45. The number of nitro benzene ring substituents is 1. The van der Waals surface area contributed by atoms with E-state index in [0.717, 1.165) is 37.6 Å². The van der Waals surface area contributed by atoms with Crippen molar-refractivity contribution in [2.75, 3.05) is 43.5 Å². The second kappa shape index (κ2) is 8.91. The Morgan fingerprint density at radius 1 is 1.17 bits per heavy atom. The van der Waals surface area contributed by atoms with Crippen molar-refractivity contribution in [2.45, 2.75) is 19.9 Å². The number of methoxy groups -OCH3 is 1. The number of amides is 1. The van der Waals surface area contributed by atoms with Gasteiger partial charge in [0.15, 0.2) is 0 Å². The number of hydrogen-bond acceptors (Lipinski definition) is 6. The number of carbonyl (C=O) groups excluding carboxylic acids is 1. The molecule has 0 saturated carbocycles. The predicted molar refractivity (Wildman–Crippen MR) is 113 cm³/mol. The van der Waals surface area contributed by atoms with Gasteiger partial charge in [0, 0.05) is 44.0 Å². The highest BCUT2D eigenvalue weighted by atomic mass is 16.6. The van der Waals surface area contributed by atoms with Crippen molar-refractivity contribution in [2.24, 2.45) is 0 Å². The third-order valence-electron chi connectivity index (χ3n) is 5.35. The highest BCUT2D eigenvalue weighted by molar-refractivity contribution is 5.95. The van der Waals surface area contributed by atoms with E-state index >= 15 is 0 Å². The van der Waals surface area contributed by atoms with Crippen LogP contribution in [-0.4, -0.2) is 55.1 Å². The zero-order valence-corrected chi connectivity index (χ0v) is 16.9. The van der Waals surface area contributed by atoms with Gasteiger partial charge in [-0.3, -0.25) is 19.8 Å². The van der Waals surface area contributed by atoms with Gasteiger partial charge in [-0.25, -0.2) is 0 Å². The number of piperazine rings is 1. The molecule has 1 unspecified atom stereocenters. The third kappa shape index (κ3) is 4.65. The van der Waals surface area contributed by atoms with Crippen LogP contribution in [0, 0.1) is 17.0 Å². The molecule has 154 valence electrons. The first-order valence-electron chi connectivity index (χ1n) is 9.58. The summed E-state index contributed by atoms with van der Waals surface area (Å²) in [5, 5.41) is 13.8. The van der Waals surface area contributed by atoms with E-state index in [0.29, 0.717) is 11.3 Å². The van der Waals surface area contributed by atoms with Crippen molar-refractivity contribution in [3.63, 3.8) is 0 Å². The number of para-hydroxylation sites is 2. The van der Waals surface area contributed by atoms with E-state index in [-0.39, 0.29) is 17.6 Å². The number of rotatable bonds is 6. The van der Waals surface area contributed by atoms with E-state index in [1.165, 1.54) is 12.1 Å². The zero-order valence-electron chi connectivity index (χ0n) is 16.9. The maximum atomic E-state index is 12.7. The highest BCUT2D eigenvalue weighted by Crippen LogP contribution is 2.28. The molecular weight excluding hydrogens is 372 g/mol. The normalized spacial score (nSPS) is 15.6. The summed E-state index contributed by atoms with van der Waals surface area (Å²) in [5.41, 5.74) is 2.34. The molecule has 1 amide bonds. The number of carbonyl (C=O) groups is 1. The maximum absolute atomic E-state index is 12.7. The van der Waals surface area contributed by atoms with Gasteiger partial charge in [-0.05, 0) is 37.6 Å². The summed E-state index contributed by atoms with van der Waals surface area (Å²) in [5.74, 6) is 0.730. The second-order valence-electron chi connectivity index (χ2n) is 7.12. The summed E-state index contributed by atoms with van der Waals surface area (Å²) in [4.78, 5) is 27.5. The number of non-ortho nitro benzene ring substituents is 1. The van der Waals surface area contributed by atoms with Crippen LogP contribution < -0.4 is 15.0 Å². The molecule has 0 bridgehead atoms. The summed E-state index contributed by atoms with van der Waals surface area (Å²) in [6.45, 7) is 6.75. The molecule has 2 aromatic rings. The van der Waals surface area contributed by atoms with Crippen LogP contribution in [0.2, 0.25) is 0 Å². The average molecular weight is 398 g/mol. The Hall–Kier alpha value is -3.13. The van der Waals surface area contributed by atoms with Crippen molar-refractivity contribution in [3.05, 3.63) is 58.1 Å². The smallest absolute Gasteiger partial charge is 0.269 e. The number of nitrogens with one attached hydrogen (secondary N) is 1. The molecule has 8 heteroatoms. The van der Waals surface area contributed by atoms with Gasteiger partial charge in [0.2, 0.25) is 5.91 Å². The van der Waals surface area contributed by atoms with Crippen molar-refractivity contribution in [1.82, 2.24) is 4.90 Å². The monoisotopic (exact) mass is 398 g/mol. The third-order valence-corrected chi connectivity index (χ3v) is 5.35. The molecule has 0 aliphatic carbocycles. The van der Waals surface area contributed by atoms with Crippen molar-refractivity contribution < 1.29 is 14.5 Å². The van der Waals surface area contributed by atoms with Crippen LogP contribution in [0.1, 0.15) is 12.5 Å². The summed E-state index contributed by atoms with van der Waals surface area (Å²) in [6, 6.07) is 12.1. The molecule has 3 rings (SSSR count). The molecule has 2 aromatic carbocycles. The van der Waals surface area contributed by atoms with Gasteiger partial charge in [-0.1, -0.05) is 12.1 Å². The van der Waals surface area contributed by atoms with Gasteiger partial charge in [0.25, 0.3) is 5.69 Å². The molecule has 1 saturated heterocycles. The topological polar surface area (TPSA) is 88.0 Å². The molecular formula is C21H26N4O4. The van der Waals surface area contributed by atoms with E-state index in [9.17, 15) is 14.9 Å². The number of benzene rings is 2. The van der Waals surface area contributed by atoms with Crippen molar-refractivity contribution >= 4 is 23.0 Å². The second-order valence-corrected chi connectivity index (χ2v) is 7.12. The van der Waals surface area contributed by atoms with Gasteiger partial charge in [-0.15, -0.1) is 0 Å². The van der Waals surface area contributed by atoms with Crippen molar-refractivity contribution in [1.29, 1.82) is 0 Å². The molecule has 1 heterocycles. The van der Waals surface area contributed by atoms with E-state index in [1.807, 2.05) is 31.2 Å². The Labute approximate surface area is 170 Å². The Bertz CT molecular complexity index is 894. The van der Waals surface area contributed by atoms with E-state index in [2.05, 4.69) is 15.1 Å². The van der Waals surface area contributed by atoms with Crippen LogP contribution in [0.25, 0.3) is 0 Å². The molecule has 0 aromatic heterocycles. The molecule has 0 spiro atoms. The molecule has 1 aliphatic heterocycles. The summed E-state index contributed by atoms with van der Waals surface area (Å²) >= 11 is 0. The van der Waals surface area contributed by atoms with Crippen LogP contribution in [0.4, 0.5) is 17.1 Å². The first kappa shape index (κ1) is 20.6. The van der Waals surface area contributed by atoms with E-state index in [4.69, 9.17) is 4.74 Å². The number of nitrogens with zero attached hydrogens (tertiary/aromatic N) is 3. The molecule has 29 heavy (non-hydrogen) atoms. The number of hydrogen-bond donors (Lipinski definition) is 1. The number of ether oxygens (including phenoxy) is 1. The Morgan fingerprint density at radius 2 is 1.86 bits per heavy atom. The van der Waals surface area contributed by atoms with Crippen LogP contribution in [0.3, 0.4) is 0 Å². The minimum atomic E-state index is -0.442. The Kier molecular flexibility index (Phi) is 6.33. The van der Waals surface area contributed by atoms with Gasteiger partial charge >= 0.3 is 0 Å². The Morgan fingerprint density at radius 3 is 2.48 bits per heavy atom. The quantitative estimate of drug-likeness (QED) is 0.594. The van der Waals surface area contributed by atoms with E-state index in [1.54, 1.807) is 20.1 Å². The summed E-state index contributed by atoms with van der Waals surface area (Å²) in [7, 11) is 1.67. The van der Waals surface area contributed by atoms with Crippen LogP contribution in [-0.2, 0) is 4.79 Å². The zero-order chi connectivity index (χ0) is 21.0. The molecule has 1 N–H and O–H groups in total. The van der Waals surface area contributed by atoms with Crippen LogP contribution in [0.15, 0.2) is 42.5 Å². The average Bonchev–Trinajstić information content (AvgIpc) is 2.74. The fourth-order valence-electron chi connectivity index (χ4n) is 3.55. The summed E-state index contributed by atoms with van der Waals surface area (Å²) in [6.07, 6.45) is 0. The van der Waals surface area contributed by atoms with Gasteiger partial charge in [-0.2, -0.15) is 0 Å². The molecule has 1 atom stereocenters. The number of nitro groups is 1.